The van der Waals surface area contributed by atoms with Crippen LogP contribution in [-0.2, 0) is 14.4 Å². The second kappa shape index (κ2) is 7.02. The molecule has 0 bridgehead atoms. The van der Waals surface area contributed by atoms with Crippen LogP contribution in [0.15, 0.2) is 18.2 Å². The van der Waals surface area contributed by atoms with E-state index in [0.29, 0.717) is 30.8 Å². The molecule has 0 aromatic heterocycles. The monoisotopic (exact) mass is 290 g/mol. The smallest absolute Gasteiger partial charge is 0.314 e. The van der Waals surface area contributed by atoms with E-state index >= 15 is 0 Å². The van der Waals surface area contributed by atoms with Gasteiger partial charge in [-0.2, -0.15) is 0 Å². The molecule has 0 radical (unpaired) electrons. The summed E-state index contributed by atoms with van der Waals surface area (Å²) in [6, 6.07) is 4.83. The number of esters is 1. The Morgan fingerprint density at radius 2 is 1.90 bits per heavy atom. The minimum absolute atomic E-state index is 0.0792. The number of rotatable bonds is 5. The summed E-state index contributed by atoms with van der Waals surface area (Å²) in [7, 11) is 0. The summed E-state index contributed by atoms with van der Waals surface area (Å²) in [5.41, 5.74) is 0.726. The SMILES string of the molecule is Cc1cc(OC=O)ccc1OC(=O)C1CCC(C=O)CC1. The Kier molecular flexibility index (Phi) is 5.09. The van der Waals surface area contributed by atoms with Gasteiger partial charge in [-0.3, -0.25) is 9.59 Å². The van der Waals surface area contributed by atoms with Crippen molar-refractivity contribution in [3.8, 4) is 11.5 Å². The first-order valence-corrected chi connectivity index (χ1v) is 7.02. The van der Waals surface area contributed by atoms with Crippen LogP contribution in [0.2, 0.25) is 0 Å². The average Bonchev–Trinajstić information content (AvgIpc) is 2.50. The van der Waals surface area contributed by atoms with Gasteiger partial charge in [-0.05, 0) is 56.4 Å². The Hall–Kier alpha value is -2.17. The molecule has 5 nitrogen and oxygen atoms in total. The first-order valence-electron chi connectivity index (χ1n) is 7.02. The van der Waals surface area contributed by atoms with Crippen LogP contribution in [-0.4, -0.2) is 18.7 Å². The van der Waals surface area contributed by atoms with E-state index in [4.69, 9.17) is 9.47 Å². The van der Waals surface area contributed by atoms with Crippen LogP contribution in [0, 0.1) is 18.8 Å². The maximum atomic E-state index is 12.1. The largest absolute Gasteiger partial charge is 0.429 e. The standard InChI is InChI=1S/C16H18O5/c1-11-8-14(20-10-18)6-7-15(11)21-16(19)13-4-2-12(9-17)3-5-13/h6-10,12-13H,2-5H2,1H3. The summed E-state index contributed by atoms with van der Waals surface area (Å²) < 4.78 is 10.1. The Labute approximate surface area is 123 Å². The Balaban J connectivity index is 1.96. The maximum absolute atomic E-state index is 12.1. The molecule has 5 heteroatoms. The summed E-state index contributed by atoms with van der Waals surface area (Å²) in [6.45, 7) is 2.13. The lowest BCUT2D eigenvalue weighted by Crippen LogP contribution is -2.26. The van der Waals surface area contributed by atoms with Crippen LogP contribution in [0.4, 0.5) is 0 Å². The summed E-state index contributed by atoms with van der Waals surface area (Å²) in [6.07, 6.45) is 3.83. The van der Waals surface area contributed by atoms with Gasteiger partial charge >= 0.3 is 5.97 Å². The second-order valence-electron chi connectivity index (χ2n) is 5.31. The van der Waals surface area contributed by atoms with Gasteiger partial charge in [-0.15, -0.1) is 0 Å². The van der Waals surface area contributed by atoms with Gasteiger partial charge in [0.05, 0.1) is 5.92 Å². The van der Waals surface area contributed by atoms with Gasteiger partial charge in [0.15, 0.2) is 0 Å². The number of aryl methyl sites for hydroxylation is 1. The molecule has 0 N–H and O–H groups in total. The molecule has 21 heavy (non-hydrogen) atoms. The zero-order valence-corrected chi connectivity index (χ0v) is 11.9. The lowest BCUT2D eigenvalue weighted by molar-refractivity contribution is -0.140. The zero-order chi connectivity index (χ0) is 15.2. The first-order chi connectivity index (χ1) is 10.1. The Morgan fingerprint density at radius 3 is 2.48 bits per heavy atom. The summed E-state index contributed by atoms with van der Waals surface area (Å²) in [5, 5.41) is 0. The number of carbonyl (C=O) groups excluding carboxylic acids is 3. The van der Waals surface area contributed by atoms with E-state index in [9.17, 15) is 14.4 Å². The van der Waals surface area contributed by atoms with E-state index in [1.807, 2.05) is 0 Å². The van der Waals surface area contributed by atoms with E-state index in [0.717, 1.165) is 24.7 Å². The fourth-order valence-corrected chi connectivity index (χ4v) is 2.55. The van der Waals surface area contributed by atoms with Crippen molar-refractivity contribution in [2.75, 3.05) is 0 Å². The molecule has 0 aliphatic heterocycles. The molecule has 1 aliphatic carbocycles. The van der Waals surface area contributed by atoms with Crippen LogP contribution in [0.25, 0.3) is 0 Å². The van der Waals surface area contributed by atoms with Gasteiger partial charge in [0.25, 0.3) is 6.47 Å². The van der Waals surface area contributed by atoms with Crippen molar-refractivity contribution in [2.24, 2.45) is 11.8 Å². The molecule has 1 fully saturated rings. The lowest BCUT2D eigenvalue weighted by Gasteiger charge is -2.24. The number of carbonyl (C=O) groups is 3. The number of hydrogen-bond donors (Lipinski definition) is 0. The van der Waals surface area contributed by atoms with Gasteiger partial charge in [-0.1, -0.05) is 0 Å². The topological polar surface area (TPSA) is 69.7 Å². The normalized spacial score (nSPS) is 21.4. The van der Waals surface area contributed by atoms with Crippen LogP contribution < -0.4 is 9.47 Å². The molecule has 0 atom stereocenters. The molecule has 2 rings (SSSR count). The van der Waals surface area contributed by atoms with Crippen LogP contribution >= 0.6 is 0 Å². The molecule has 0 spiro atoms. The van der Waals surface area contributed by atoms with Crippen molar-refractivity contribution in [3.63, 3.8) is 0 Å². The lowest BCUT2D eigenvalue weighted by atomic mass is 9.83. The van der Waals surface area contributed by atoms with E-state index in [-0.39, 0.29) is 17.8 Å². The number of ether oxygens (including phenoxy) is 2. The van der Waals surface area contributed by atoms with Crippen molar-refractivity contribution in [1.29, 1.82) is 0 Å². The molecule has 112 valence electrons. The summed E-state index contributed by atoms with van der Waals surface area (Å²) >= 11 is 0. The molecule has 0 saturated heterocycles. The Morgan fingerprint density at radius 1 is 1.19 bits per heavy atom. The highest BCUT2D eigenvalue weighted by molar-refractivity contribution is 5.76. The van der Waals surface area contributed by atoms with E-state index in [2.05, 4.69) is 0 Å². The molecule has 0 unspecified atom stereocenters. The molecule has 0 amide bonds. The van der Waals surface area contributed by atoms with E-state index in [1.165, 1.54) is 0 Å². The third-order valence-electron chi connectivity index (χ3n) is 3.84. The molecule has 0 heterocycles. The fraction of sp³-hybridized carbons (Fsp3) is 0.438. The first kappa shape index (κ1) is 15.2. The third kappa shape index (κ3) is 3.90. The highest BCUT2D eigenvalue weighted by Gasteiger charge is 2.27. The molecule has 1 aromatic carbocycles. The molecular weight excluding hydrogens is 272 g/mol. The van der Waals surface area contributed by atoms with Crippen LogP contribution in [0.3, 0.4) is 0 Å². The van der Waals surface area contributed by atoms with Crippen molar-refractivity contribution < 1.29 is 23.9 Å². The van der Waals surface area contributed by atoms with Gasteiger partial charge in [0.1, 0.15) is 17.8 Å². The quantitative estimate of drug-likeness (QED) is 0.473. The number of hydrogen-bond acceptors (Lipinski definition) is 5. The van der Waals surface area contributed by atoms with Crippen molar-refractivity contribution in [2.45, 2.75) is 32.6 Å². The van der Waals surface area contributed by atoms with Gasteiger partial charge in [-0.25, -0.2) is 0 Å². The summed E-state index contributed by atoms with van der Waals surface area (Å²) in [4.78, 5) is 33.1. The van der Waals surface area contributed by atoms with Crippen molar-refractivity contribution in [1.82, 2.24) is 0 Å². The van der Waals surface area contributed by atoms with Gasteiger partial charge < -0.3 is 14.3 Å². The van der Waals surface area contributed by atoms with Crippen molar-refractivity contribution in [3.05, 3.63) is 23.8 Å². The molecule has 1 aliphatic rings. The van der Waals surface area contributed by atoms with Gasteiger partial charge in [0.2, 0.25) is 0 Å². The van der Waals surface area contributed by atoms with Crippen LogP contribution in [0.5, 0.6) is 11.5 Å². The van der Waals surface area contributed by atoms with Crippen LogP contribution in [0.1, 0.15) is 31.2 Å². The zero-order valence-electron chi connectivity index (χ0n) is 11.9. The van der Waals surface area contributed by atoms with Crippen molar-refractivity contribution >= 4 is 18.7 Å². The van der Waals surface area contributed by atoms with Gasteiger partial charge in [0, 0.05) is 5.92 Å². The number of benzene rings is 1. The third-order valence-corrected chi connectivity index (χ3v) is 3.84. The van der Waals surface area contributed by atoms with E-state index < -0.39 is 0 Å². The summed E-state index contributed by atoms with van der Waals surface area (Å²) in [5.74, 6) is 0.554. The minimum Gasteiger partial charge on any atom is -0.429 e. The molecule has 1 aromatic rings. The Bertz CT molecular complexity index is 529. The fourth-order valence-electron chi connectivity index (χ4n) is 2.55. The highest BCUT2D eigenvalue weighted by Crippen LogP contribution is 2.30. The maximum Gasteiger partial charge on any atom is 0.314 e. The van der Waals surface area contributed by atoms with E-state index in [1.54, 1.807) is 25.1 Å². The average molecular weight is 290 g/mol. The predicted octanol–water partition coefficient (Wildman–Crippen LogP) is 2.44. The molecule has 1 saturated carbocycles. The molecular formula is C16H18O5. The highest BCUT2D eigenvalue weighted by atomic mass is 16.5. The predicted molar refractivity (Wildman–Crippen MR) is 75.0 cm³/mol. The second-order valence-corrected chi connectivity index (χ2v) is 5.31. The minimum atomic E-state index is -0.258. The number of aldehydes is 1.